The molecule has 0 aromatic heterocycles. The molecule has 0 fully saturated rings. The maximum absolute atomic E-state index is 11.0. The van der Waals surface area contributed by atoms with Crippen LogP contribution in [0.15, 0.2) is 11.1 Å². The second-order valence-electron chi connectivity index (χ2n) is 6.18. The van der Waals surface area contributed by atoms with Crippen LogP contribution in [0.25, 0.3) is 0 Å². The van der Waals surface area contributed by atoms with E-state index < -0.39 is 14.3 Å². The highest BCUT2D eigenvalue weighted by atomic mass is 35.5. The van der Waals surface area contributed by atoms with Crippen molar-refractivity contribution in [2.75, 3.05) is 13.7 Å². The maximum Gasteiger partial charge on any atom is 0.331 e. The van der Waals surface area contributed by atoms with Gasteiger partial charge < -0.3 is 9.16 Å². The molecule has 0 aromatic carbocycles. The molecule has 0 unspecified atom stereocenters. The van der Waals surface area contributed by atoms with Gasteiger partial charge >= 0.3 is 5.97 Å². The van der Waals surface area contributed by atoms with Crippen molar-refractivity contribution in [1.82, 2.24) is 0 Å². The summed E-state index contributed by atoms with van der Waals surface area (Å²) in [7, 11) is -0.292. The fourth-order valence-corrected chi connectivity index (χ4v) is 2.51. The van der Waals surface area contributed by atoms with Gasteiger partial charge in [-0.3, -0.25) is 0 Å². The van der Waals surface area contributed by atoms with Gasteiger partial charge in [-0.15, -0.1) is 0 Å². The van der Waals surface area contributed by atoms with Gasteiger partial charge in [-0.25, -0.2) is 4.79 Å². The van der Waals surface area contributed by atoms with E-state index in [2.05, 4.69) is 38.6 Å². The van der Waals surface area contributed by atoms with E-state index in [1.807, 2.05) is 0 Å². The number of methoxy groups -OCH3 is 1. The second kappa shape index (κ2) is 8.07. The third kappa shape index (κ3) is 7.75. The maximum atomic E-state index is 11.0. The van der Waals surface area contributed by atoms with Gasteiger partial charge in [-0.2, -0.15) is 0 Å². The molecule has 3 nitrogen and oxygen atoms in total. The lowest BCUT2D eigenvalue weighted by atomic mass is 10.2. The van der Waals surface area contributed by atoms with Crippen molar-refractivity contribution in [2.24, 2.45) is 0 Å². The molecule has 0 aliphatic carbocycles. The van der Waals surface area contributed by atoms with Crippen molar-refractivity contribution in [3.05, 3.63) is 11.1 Å². The van der Waals surface area contributed by atoms with Gasteiger partial charge in [0.15, 0.2) is 8.32 Å². The highest BCUT2D eigenvalue weighted by molar-refractivity contribution is 6.74. The minimum Gasteiger partial charge on any atom is -0.466 e. The molecule has 0 spiro atoms. The Kier molecular flexibility index (Phi) is 7.94. The number of hydrogen-bond donors (Lipinski definition) is 0. The largest absolute Gasteiger partial charge is 0.466 e. The van der Waals surface area contributed by atoms with Gasteiger partial charge in [-0.05, 0) is 37.4 Å². The molecule has 0 atom stereocenters. The summed E-state index contributed by atoms with van der Waals surface area (Å²) in [5, 5.41) is 0.786. The molecule has 5 heteroatoms. The second-order valence-corrected chi connectivity index (χ2v) is 11.5. The van der Waals surface area contributed by atoms with Gasteiger partial charge in [0.25, 0.3) is 0 Å². The van der Waals surface area contributed by atoms with Crippen molar-refractivity contribution in [3.8, 4) is 0 Å². The molecule has 0 bridgehead atoms. The predicted octanol–water partition coefficient (Wildman–Crippen LogP) is 4.47. The van der Waals surface area contributed by atoms with Gasteiger partial charge in [0, 0.05) is 17.7 Å². The summed E-state index contributed by atoms with van der Waals surface area (Å²) in [4.78, 5) is 11.0. The lowest BCUT2D eigenvalue weighted by Gasteiger charge is -2.36. The number of allylic oxidation sites excluding steroid dienone is 1. The molecule has 0 aliphatic heterocycles. The van der Waals surface area contributed by atoms with E-state index in [0.29, 0.717) is 11.5 Å². The van der Waals surface area contributed by atoms with E-state index in [-0.39, 0.29) is 5.04 Å². The number of hydrogen-bond acceptors (Lipinski definition) is 3. The summed E-state index contributed by atoms with van der Waals surface area (Å²) < 4.78 is 10.6. The Labute approximate surface area is 123 Å². The first kappa shape index (κ1) is 18.7. The summed E-state index contributed by atoms with van der Waals surface area (Å²) in [5.41, 5.74) is 0. The highest BCUT2D eigenvalue weighted by Crippen LogP contribution is 2.36. The van der Waals surface area contributed by atoms with E-state index in [1.165, 1.54) is 13.2 Å². The van der Waals surface area contributed by atoms with E-state index in [1.54, 1.807) is 0 Å². The van der Waals surface area contributed by atoms with E-state index in [9.17, 15) is 4.79 Å². The van der Waals surface area contributed by atoms with Crippen LogP contribution in [0.3, 0.4) is 0 Å². The summed E-state index contributed by atoms with van der Waals surface area (Å²) in [6.07, 6.45) is 3.90. The monoisotopic (exact) mass is 306 g/mol. The van der Waals surface area contributed by atoms with Gasteiger partial charge in [0.05, 0.1) is 7.11 Å². The Balaban J connectivity index is 3.89. The van der Waals surface area contributed by atoms with Crippen LogP contribution in [0.4, 0.5) is 0 Å². The van der Waals surface area contributed by atoms with Crippen LogP contribution in [-0.2, 0) is 14.0 Å². The van der Waals surface area contributed by atoms with Crippen molar-refractivity contribution in [1.29, 1.82) is 0 Å². The molecule has 0 aliphatic rings. The van der Waals surface area contributed by atoms with Crippen LogP contribution >= 0.6 is 11.6 Å². The molecule has 0 amide bonds. The SMILES string of the molecule is COC(=O)/C=C(\Cl)CCCCO[Si](C)(C)C(C)(C)C. The standard InChI is InChI=1S/C14H27ClO3Si/c1-14(2,3)19(5,6)18-10-8-7-9-12(15)11-13(16)17-4/h11H,7-10H2,1-6H3/b12-11-. The van der Waals surface area contributed by atoms with E-state index in [4.69, 9.17) is 16.0 Å². The van der Waals surface area contributed by atoms with Crippen molar-refractivity contribution in [2.45, 2.75) is 58.2 Å². The predicted molar refractivity (Wildman–Crippen MR) is 83.0 cm³/mol. The molecule has 0 saturated carbocycles. The number of carbonyl (C=O) groups is 1. The van der Waals surface area contributed by atoms with Crippen molar-refractivity contribution in [3.63, 3.8) is 0 Å². The zero-order valence-electron chi connectivity index (χ0n) is 13.0. The summed E-state index contributed by atoms with van der Waals surface area (Å²) in [6.45, 7) is 12.0. The first-order valence-corrected chi connectivity index (χ1v) is 9.97. The smallest absolute Gasteiger partial charge is 0.331 e. The zero-order valence-corrected chi connectivity index (χ0v) is 14.8. The van der Waals surface area contributed by atoms with Crippen molar-refractivity contribution >= 4 is 25.9 Å². The Bertz CT molecular complexity index is 319. The Morgan fingerprint density at radius 3 is 2.32 bits per heavy atom. The molecular weight excluding hydrogens is 280 g/mol. The minimum absolute atomic E-state index is 0.245. The van der Waals surface area contributed by atoms with Crippen LogP contribution in [0, 0.1) is 0 Å². The number of ether oxygens (including phenoxy) is 1. The third-order valence-corrected chi connectivity index (χ3v) is 8.39. The average Bonchev–Trinajstić information content (AvgIpc) is 2.26. The fraction of sp³-hybridized carbons (Fsp3) is 0.786. The zero-order chi connectivity index (χ0) is 15.1. The number of halogens is 1. The van der Waals surface area contributed by atoms with Crippen LogP contribution in [0.2, 0.25) is 18.1 Å². The van der Waals surface area contributed by atoms with Crippen LogP contribution in [-0.4, -0.2) is 28.0 Å². The summed E-state index contributed by atoms with van der Waals surface area (Å²) >= 11 is 5.92. The van der Waals surface area contributed by atoms with E-state index in [0.717, 1.165) is 19.4 Å². The van der Waals surface area contributed by atoms with Crippen LogP contribution in [0.5, 0.6) is 0 Å². The Hall–Kier alpha value is -0.323. The number of rotatable bonds is 7. The molecular formula is C14H27ClO3Si. The van der Waals surface area contributed by atoms with Gasteiger partial charge in [0.2, 0.25) is 0 Å². The molecule has 112 valence electrons. The Morgan fingerprint density at radius 2 is 1.84 bits per heavy atom. The molecule has 0 radical (unpaired) electrons. The van der Waals surface area contributed by atoms with Gasteiger partial charge in [-0.1, -0.05) is 32.4 Å². The van der Waals surface area contributed by atoms with Crippen molar-refractivity contribution < 1.29 is 14.0 Å². The normalized spacial score (nSPS) is 13.5. The average molecular weight is 307 g/mol. The topological polar surface area (TPSA) is 35.5 Å². The van der Waals surface area contributed by atoms with E-state index >= 15 is 0 Å². The lowest BCUT2D eigenvalue weighted by Crippen LogP contribution is -2.40. The third-order valence-electron chi connectivity index (χ3n) is 3.55. The Morgan fingerprint density at radius 1 is 1.26 bits per heavy atom. The minimum atomic E-state index is -1.64. The van der Waals surface area contributed by atoms with Crippen LogP contribution < -0.4 is 0 Å². The molecule has 0 aromatic rings. The molecule has 0 heterocycles. The highest BCUT2D eigenvalue weighted by Gasteiger charge is 2.36. The summed E-state index contributed by atoms with van der Waals surface area (Å²) in [5.74, 6) is -0.400. The number of carbonyl (C=O) groups excluding carboxylic acids is 1. The molecule has 0 saturated heterocycles. The molecule has 19 heavy (non-hydrogen) atoms. The number of esters is 1. The lowest BCUT2D eigenvalue weighted by molar-refractivity contribution is -0.134. The quantitative estimate of drug-likeness (QED) is 0.301. The summed E-state index contributed by atoms with van der Waals surface area (Å²) in [6, 6.07) is 0. The first-order chi connectivity index (χ1) is 8.60. The van der Waals surface area contributed by atoms with Gasteiger partial charge in [0.1, 0.15) is 0 Å². The number of unbranched alkanes of at least 4 members (excludes halogenated alkanes) is 1. The fourth-order valence-electron chi connectivity index (χ4n) is 1.20. The molecule has 0 N–H and O–H groups in total. The first-order valence-electron chi connectivity index (χ1n) is 6.68. The molecule has 0 rings (SSSR count). The van der Waals surface area contributed by atoms with Crippen LogP contribution in [0.1, 0.15) is 40.0 Å².